The molecule has 1 saturated carbocycles. The molecule has 2 rings (SSSR count). The second-order valence-corrected chi connectivity index (χ2v) is 5.71. The topological polar surface area (TPSA) is 57.6 Å². The van der Waals surface area contributed by atoms with Crippen molar-refractivity contribution in [1.29, 1.82) is 0 Å². The third-order valence-corrected chi connectivity index (χ3v) is 4.44. The Hall–Kier alpha value is -1.06. The molecule has 0 aromatic carbocycles. The van der Waals surface area contributed by atoms with Crippen molar-refractivity contribution in [2.45, 2.75) is 45.4 Å². The lowest BCUT2D eigenvalue weighted by Gasteiger charge is -2.23. The van der Waals surface area contributed by atoms with Gasteiger partial charge in [0.1, 0.15) is 0 Å². The van der Waals surface area contributed by atoms with Gasteiger partial charge in [0.25, 0.3) is 0 Å². The monoisotopic (exact) mass is 253 g/mol. The Morgan fingerprint density at radius 3 is 2.61 bits per heavy atom. The second-order valence-electron chi connectivity index (χ2n) is 5.71. The molecule has 18 heavy (non-hydrogen) atoms. The van der Waals surface area contributed by atoms with Crippen LogP contribution in [0.3, 0.4) is 0 Å². The molecule has 1 N–H and O–H groups in total. The van der Waals surface area contributed by atoms with Crippen LogP contribution in [0.5, 0.6) is 0 Å². The molecule has 1 aliphatic heterocycles. The largest absolute Gasteiger partial charge is 0.481 e. The average Bonchev–Trinajstić information content (AvgIpc) is 2.96. The first-order valence-corrected chi connectivity index (χ1v) is 7.15. The number of carbonyl (C=O) groups excluding carboxylic acids is 1. The fraction of sp³-hybridized carbons (Fsp3) is 0.857. The van der Waals surface area contributed by atoms with Gasteiger partial charge in [-0.1, -0.05) is 19.8 Å². The summed E-state index contributed by atoms with van der Waals surface area (Å²) >= 11 is 0. The highest BCUT2D eigenvalue weighted by Gasteiger charge is 2.41. The first kappa shape index (κ1) is 13.4. The maximum Gasteiger partial charge on any atom is 0.307 e. The van der Waals surface area contributed by atoms with Gasteiger partial charge in [0.05, 0.1) is 11.8 Å². The zero-order valence-electron chi connectivity index (χ0n) is 11.1. The molecule has 1 aliphatic carbocycles. The Balaban J connectivity index is 1.93. The molecule has 3 atom stereocenters. The Bertz CT molecular complexity index is 329. The molecule has 3 unspecified atom stereocenters. The molecule has 1 saturated heterocycles. The van der Waals surface area contributed by atoms with Gasteiger partial charge in [0.15, 0.2) is 0 Å². The predicted molar refractivity (Wildman–Crippen MR) is 68.1 cm³/mol. The number of rotatable bonds is 4. The summed E-state index contributed by atoms with van der Waals surface area (Å²) in [6.45, 7) is 3.84. The molecule has 102 valence electrons. The molecular formula is C14H23NO3. The second kappa shape index (κ2) is 5.72. The summed E-state index contributed by atoms with van der Waals surface area (Å²) in [5.74, 6) is -0.775. The molecule has 4 nitrogen and oxygen atoms in total. The minimum atomic E-state index is -0.796. The Morgan fingerprint density at radius 1 is 1.22 bits per heavy atom. The first-order valence-electron chi connectivity index (χ1n) is 7.15. The van der Waals surface area contributed by atoms with Crippen molar-refractivity contribution in [3.8, 4) is 0 Å². The predicted octanol–water partition coefficient (Wildman–Crippen LogP) is 2.14. The lowest BCUT2D eigenvalue weighted by Crippen LogP contribution is -2.37. The van der Waals surface area contributed by atoms with E-state index >= 15 is 0 Å². The molecule has 0 aromatic rings. The summed E-state index contributed by atoms with van der Waals surface area (Å²) in [6.07, 6.45) is 5.72. The lowest BCUT2D eigenvalue weighted by molar-refractivity contribution is -0.148. The van der Waals surface area contributed by atoms with E-state index in [0.717, 1.165) is 38.8 Å². The summed E-state index contributed by atoms with van der Waals surface area (Å²) in [7, 11) is 0. The number of likely N-dealkylation sites (tertiary alicyclic amines) is 1. The van der Waals surface area contributed by atoms with Crippen molar-refractivity contribution in [2.24, 2.45) is 17.8 Å². The van der Waals surface area contributed by atoms with Crippen LogP contribution in [0, 0.1) is 17.8 Å². The van der Waals surface area contributed by atoms with E-state index in [1.807, 2.05) is 4.90 Å². The first-order chi connectivity index (χ1) is 8.63. The smallest absolute Gasteiger partial charge is 0.307 e. The number of amides is 1. The van der Waals surface area contributed by atoms with Crippen LogP contribution in [-0.4, -0.2) is 35.0 Å². The molecular weight excluding hydrogens is 230 g/mol. The highest BCUT2D eigenvalue weighted by molar-refractivity contribution is 5.85. The summed E-state index contributed by atoms with van der Waals surface area (Å²) < 4.78 is 0. The van der Waals surface area contributed by atoms with Crippen LogP contribution in [0.4, 0.5) is 0 Å². The molecule has 0 radical (unpaired) electrons. The maximum atomic E-state index is 12.4. The van der Waals surface area contributed by atoms with Crippen molar-refractivity contribution in [2.75, 3.05) is 13.1 Å². The van der Waals surface area contributed by atoms with E-state index in [2.05, 4.69) is 6.92 Å². The van der Waals surface area contributed by atoms with Gasteiger partial charge < -0.3 is 10.0 Å². The van der Waals surface area contributed by atoms with E-state index in [1.54, 1.807) is 0 Å². The van der Waals surface area contributed by atoms with Gasteiger partial charge >= 0.3 is 5.97 Å². The van der Waals surface area contributed by atoms with Crippen molar-refractivity contribution in [3.63, 3.8) is 0 Å². The SMILES string of the molecule is CCCC1CCN(C(=O)C2CCCC2C(=O)O)C1. The highest BCUT2D eigenvalue weighted by Crippen LogP contribution is 2.34. The number of carboxylic acids is 1. The van der Waals surface area contributed by atoms with Crippen LogP contribution < -0.4 is 0 Å². The zero-order valence-corrected chi connectivity index (χ0v) is 11.1. The normalized spacial score (nSPS) is 31.8. The van der Waals surface area contributed by atoms with Crippen LogP contribution in [-0.2, 0) is 9.59 Å². The van der Waals surface area contributed by atoms with Gasteiger partial charge in [-0.05, 0) is 31.6 Å². The van der Waals surface area contributed by atoms with Gasteiger partial charge in [0.2, 0.25) is 5.91 Å². The molecule has 1 heterocycles. The summed E-state index contributed by atoms with van der Waals surface area (Å²) in [5, 5.41) is 9.14. The van der Waals surface area contributed by atoms with E-state index < -0.39 is 11.9 Å². The van der Waals surface area contributed by atoms with Gasteiger partial charge in [-0.2, -0.15) is 0 Å². The Kier molecular flexibility index (Phi) is 4.25. The van der Waals surface area contributed by atoms with Crippen LogP contribution in [0.1, 0.15) is 45.4 Å². The van der Waals surface area contributed by atoms with Crippen molar-refractivity contribution >= 4 is 11.9 Å². The van der Waals surface area contributed by atoms with Gasteiger partial charge in [-0.25, -0.2) is 0 Å². The van der Waals surface area contributed by atoms with E-state index in [9.17, 15) is 9.59 Å². The Labute approximate surface area is 108 Å². The number of aliphatic carboxylic acids is 1. The molecule has 0 aromatic heterocycles. The van der Waals surface area contributed by atoms with E-state index in [0.29, 0.717) is 12.3 Å². The van der Waals surface area contributed by atoms with E-state index in [4.69, 9.17) is 5.11 Å². The van der Waals surface area contributed by atoms with E-state index in [-0.39, 0.29) is 11.8 Å². The molecule has 4 heteroatoms. The quantitative estimate of drug-likeness (QED) is 0.835. The molecule has 1 amide bonds. The third-order valence-electron chi connectivity index (χ3n) is 4.44. The minimum absolute atomic E-state index is 0.0958. The summed E-state index contributed by atoms with van der Waals surface area (Å²) in [4.78, 5) is 25.4. The summed E-state index contributed by atoms with van der Waals surface area (Å²) in [6, 6.07) is 0. The van der Waals surface area contributed by atoms with Gasteiger partial charge in [-0.3, -0.25) is 9.59 Å². The standard InChI is InChI=1S/C14H23NO3/c1-2-4-10-7-8-15(9-10)13(16)11-5-3-6-12(11)14(17)18/h10-12H,2-9H2,1H3,(H,17,18). The minimum Gasteiger partial charge on any atom is -0.481 e. The maximum absolute atomic E-state index is 12.4. The van der Waals surface area contributed by atoms with Crippen LogP contribution >= 0.6 is 0 Å². The van der Waals surface area contributed by atoms with Crippen LogP contribution in [0.15, 0.2) is 0 Å². The van der Waals surface area contributed by atoms with Gasteiger partial charge in [-0.15, -0.1) is 0 Å². The fourth-order valence-corrected chi connectivity index (χ4v) is 3.46. The Morgan fingerprint density at radius 2 is 1.94 bits per heavy atom. The number of carboxylic acid groups (broad SMARTS) is 1. The van der Waals surface area contributed by atoms with Crippen molar-refractivity contribution in [3.05, 3.63) is 0 Å². The number of hydrogen-bond acceptors (Lipinski definition) is 2. The number of hydrogen-bond donors (Lipinski definition) is 1. The highest BCUT2D eigenvalue weighted by atomic mass is 16.4. The van der Waals surface area contributed by atoms with Crippen LogP contribution in [0.2, 0.25) is 0 Å². The lowest BCUT2D eigenvalue weighted by atomic mass is 9.95. The van der Waals surface area contributed by atoms with Crippen molar-refractivity contribution in [1.82, 2.24) is 4.90 Å². The molecule has 0 bridgehead atoms. The molecule has 0 spiro atoms. The van der Waals surface area contributed by atoms with E-state index in [1.165, 1.54) is 6.42 Å². The molecule has 2 fully saturated rings. The fourth-order valence-electron chi connectivity index (χ4n) is 3.46. The average molecular weight is 253 g/mol. The number of nitrogens with zero attached hydrogens (tertiary/aromatic N) is 1. The summed E-state index contributed by atoms with van der Waals surface area (Å²) in [5.41, 5.74) is 0. The van der Waals surface area contributed by atoms with Gasteiger partial charge in [0, 0.05) is 13.1 Å². The van der Waals surface area contributed by atoms with Crippen molar-refractivity contribution < 1.29 is 14.7 Å². The third kappa shape index (κ3) is 2.68. The zero-order chi connectivity index (χ0) is 13.1. The number of carbonyl (C=O) groups is 2. The van der Waals surface area contributed by atoms with Crippen LogP contribution in [0.25, 0.3) is 0 Å². The molecule has 2 aliphatic rings.